The molecule has 0 bridgehead atoms. The molecule has 22 heavy (non-hydrogen) atoms. The number of aromatic nitrogens is 1. The van der Waals surface area contributed by atoms with E-state index in [1.807, 2.05) is 6.07 Å². The first-order chi connectivity index (χ1) is 10.6. The lowest BCUT2D eigenvalue weighted by molar-refractivity contribution is -0.145. The van der Waals surface area contributed by atoms with Crippen LogP contribution < -0.4 is 0 Å². The summed E-state index contributed by atoms with van der Waals surface area (Å²) in [6.07, 6.45) is 4.77. The van der Waals surface area contributed by atoms with Gasteiger partial charge in [-0.15, -0.1) is 12.6 Å². The first-order valence-corrected chi connectivity index (χ1v) is 7.10. The van der Waals surface area contributed by atoms with Crippen LogP contribution in [0.25, 0.3) is 0 Å². The van der Waals surface area contributed by atoms with E-state index in [4.69, 9.17) is 4.74 Å². The molecule has 0 spiro atoms. The van der Waals surface area contributed by atoms with Crippen molar-refractivity contribution in [1.82, 2.24) is 4.98 Å². The number of aliphatic imine (C=N–C) groups is 1. The average Bonchev–Trinajstić information content (AvgIpc) is 2.52. The van der Waals surface area contributed by atoms with E-state index in [0.29, 0.717) is 16.3 Å². The number of hydrogen-bond acceptors (Lipinski definition) is 6. The van der Waals surface area contributed by atoms with Crippen molar-refractivity contribution in [2.45, 2.75) is 12.8 Å². The second-order valence-electron chi connectivity index (χ2n) is 4.76. The Hall–Kier alpha value is -2.39. The number of hydrogen-bond donors (Lipinski definition) is 1. The van der Waals surface area contributed by atoms with E-state index in [1.54, 1.807) is 25.4 Å². The van der Waals surface area contributed by atoms with E-state index in [1.165, 1.54) is 6.08 Å². The minimum absolute atomic E-state index is 0.113. The number of rotatable bonds is 4. The number of nitrogens with zero attached hydrogens (tertiary/aromatic N) is 3. The number of allylic oxidation sites excluding steroid dienone is 1. The highest BCUT2D eigenvalue weighted by atomic mass is 32.1. The van der Waals surface area contributed by atoms with Gasteiger partial charge >= 0.3 is 5.97 Å². The summed E-state index contributed by atoms with van der Waals surface area (Å²) < 4.78 is 5.17. The largest absolute Gasteiger partial charge is 0.461 e. The second-order valence-corrected chi connectivity index (χ2v) is 5.19. The first kappa shape index (κ1) is 16.0. The van der Waals surface area contributed by atoms with E-state index in [2.05, 4.69) is 35.3 Å². The second kappa shape index (κ2) is 7.05. The highest BCUT2D eigenvalue weighted by Gasteiger charge is 2.39. The van der Waals surface area contributed by atoms with Gasteiger partial charge in [0, 0.05) is 24.0 Å². The van der Waals surface area contributed by atoms with Crippen LogP contribution in [0, 0.1) is 17.2 Å². The number of esters is 1. The fraction of sp³-hybridized carbons (Fsp3) is 0.250. The summed E-state index contributed by atoms with van der Waals surface area (Å²) in [5.41, 5.74) is 1.65. The van der Waals surface area contributed by atoms with Gasteiger partial charge in [0.1, 0.15) is 17.6 Å². The molecule has 2 heterocycles. The summed E-state index contributed by atoms with van der Waals surface area (Å²) in [4.78, 5) is 20.7. The number of pyridine rings is 1. The van der Waals surface area contributed by atoms with Crippen LogP contribution in [0.4, 0.5) is 0 Å². The van der Waals surface area contributed by atoms with Crippen molar-refractivity contribution in [2.24, 2.45) is 10.9 Å². The molecule has 112 valence electrons. The molecule has 2 atom stereocenters. The summed E-state index contributed by atoms with van der Waals surface area (Å²) in [6, 6.07) is 5.69. The maximum absolute atomic E-state index is 12.4. The lowest BCUT2D eigenvalue weighted by Gasteiger charge is -2.29. The third-order valence-corrected chi connectivity index (χ3v) is 3.72. The quantitative estimate of drug-likeness (QED) is 0.527. The monoisotopic (exact) mass is 313 g/mol. The van der Waals surface area contributed by atoms with Gasteiger partial charge < -0.3 is 4.74 Å². The van der Waals surface area contributed by atoms with Crippen LogP contribution in [0.2, 0.25) is 0 Å². The number of thiol groups is 1. The fourth-order valence-electron chi connectivity index (χ4n) is 2.42. The molecule has 0 N–H and O–H groups in total. The van der Waals surface area contributed by atoms with Crippen molar-refractivity contribution < 1.29 is 9.53 Å². The lowest BCUT2D eigenvalue weighted by atomic mass is 9.78. The molecule has 6 heteroatoms. The Morgan fingerprint density at radius 3 is 3.00 bits per heavy atom. The molecule has 0 fully saturated rings. The highest BCUT2D eigenvalue weighted by Crippen LogP contribution is 2.39. The van der Waals surface area contributed by atoms with Crippen LogP contribution in [0.3, 0.4) is 0 Å². The molecule has 5 nitrogen and oxygen atoms in total. The summed E-state index contributed by atoms with van der Waals surface area (Å²) >= 11 is 4.27. The van der Waals surface area contributed by atoms with Gasteiger partial charge in [-0.25, -0.2) is 4.99 Å². The van der Waals surface area contributed by atoms with Crippen LogP contribution in [-0.4, -0.2) is 23.3 Å². The normalized spacial score (nSPS) is 20.9. The maximum atomic E-state index is 12.4. The SMILES string of the molecule is C=CCOC(=O)C1C(C)=NC(S)=C(C#N)[C@@H]1c1cccnc1. The smallest absolute Gasteiger partial charge is 0.315 e. The minimum Gasteiger partial charge on any atom is -0.461 e. The Morgan fingerprint density at radius 1 is 1.64 bits per heavy atom. The maximum Gasteiger partial charge on any atom is 0.315 e. The van der Waals surface area contributed by atoms with Crippen LogP contribution in [0.1, 0.15) is 18.4 Å². The van der Waals surface area contributed by atoms with Crippen molar-refractivity contribution in [3.05, 3.63) is 53.3 Å². The molecule has 1 unspecified atom stereocenters. The zero-order valence-electron chi connectivity index (χ0n) is 12.1. The summed E-state index contributed by atoms with van der Waals surface area (Å²) in [7, 11) is 0. The van der Waals surface area contributed by atoms with Gasteiger partial charge in [0.2, 0.25) is 0 Å². The molecular weight excluding hydrogens is 298 g/mol. The Balaban J connectivity index is 2.50. The van der Waals surface area contributed by atoms with Crippen molar-refractivity contribution in [3.63, 3.8) is 0 Å². The van der Waals surface area contributed by atoms with E-state index in [9.17, 15) is 10.1 Å². The molecule has 1 aromatic heterocycles. The third kappa shape index (κ3) is 3.10. The van der Waals surface area contributed by atoms with E-state index >= 15 is 0 Å². The van der Waals surface area contributed by atoms with Gasteiger partial charge in [0.15, 0.2) is 0 Å². The van der Waals surface area contributed by atoms with E-state index in [0.717, 1.165) is 5.56 Å². The summed E-state index contributed by atoms with van der Waals surface area (Å²) in [5.74, 6) is -1.61. The van der Waals surface area contributed by atoms with Gasteiger partial charge in [-0.3, -0.25) is 9.78 Å². The molecular formula is C16H15N3O2S. The van der Waals surface area contributed by atoms with Gasteiger partial charge in [0.25, 0.3) is 0 Å². The molecule has 1 aromatic rings. The zero-order chi connectivity index (χ0) is 16.1. The van der Waals surface area contributed by atoms with Crippen molar-refractivity contribution >= 4 is 24.3 Å². The molecule has 1 aliphatic rings. The highest BCUT2D eigenvalue weighted by molar-refractivity contribution is 7.84. The molecule has 0 amide bonds. The topological polar surface area (TPSA) is 75.3 Å². The van der Waals surface area contributed by atoms with Crippen LogP contribution in [-0.2, 0) is 9.53 Å². The molecule has 0 aromatic carbocycles. The number of carbonyl (C=O) groups excluding carboxylic acids is 1. The van der Waals surface area contributed by atoms with Crippen molar-refractivity contribution in [2.75, 3.05) is 6.61 Å². The van der Waals surface area contributed by atoms with Gasteiger partial charge in [0.05, 0.1) is 11.6 Å². The van der Waals surface area contributed by atoms with Crippen molar-refractivity contribution in [3.8, 4) is 6.07 Å². The average molecular weight is 313 g/mol. The Labute approximate surface area is 134 Å². The number of nitriles is 1. The van der Waals surface area contributed by atoms with Crippen LogP contribution in [0.15, 0.2) is 52.8 Å². The molecule has 0 saturated carbocycles. The number of ether oxygens (including phenoxy) is 1. The molecule has 2 rings (SSSR count). The summed E-state index contributed by atoms with van der Waals surface area (Å²) in [5, 5.41) is 9.76. The van der Waals surface area contributed by atoms with Gasteiger partial charge in [-0.1, -0.05) is 18.7 Å². The fourth-order valence-corrected chi connectivity index (χ4v) is 2.77. The number of carbonyl (C=O) groups is 1. The van der Waals surface area contributed by atoms with Crippen molar-refractivity contribution in [1.29, 1.82) is 5.26 Å². The minimum atomic E-state index is -0.672. The lowest BCUT2D eigenvalue weighted by Crippen LogP contribution is -2.34. The Kier molecular flexibility index (Phi) is 5.12. The third-order valence-electron chi connectivity index (χ3n) is 3.38. The molecule has 0 radical (unpaired) electrons. The van der Waals surface area contributed by atoms with Gasteiger partial charge in [-0.2, -0.15) is 5.26 Å². The van der Waals surface area contributed by atoms with E-state index in [-0.39, 0.29) is 6.61 Å². The molecule has 0 saturated heterocycles. The predicted octanol–water partition coefficient (Wildman–Crippen LogP) is 2.65. The predicted molar refractivity (Wildman–Crippen MR) is 86.4 cm³/mol. The molecule has 1 aliphatic heterocycles. The van der Waals surface area contributed by atoms with Gasteiger partial charge in [-0.05, 0) is 18.6 Å². The summed E-state index contributed by atoms with van der Waals surface area (Å²) in [6.45, 7) is 5.37. The van der Waals surface area contributed by atoms with E-state index < -0.39 is 17.8 Å². The Morgan fingerprint density at radius 2 is 2.41 bits per heavy atom. The molecule has 0 aliphatic carbocycles. The van der Waals surface area contributed by atoms with Crippen LogP contribution in [0.5, 0.6) is 0 Å². The van der Waals surface area contributed by atoms with Crippen LogP contribution >= 0.6 is 12.6 Å². The first-order valence-electron chi connectivity index (χ1n) is 6.66. The standard InChI is InChI=1S/C16H15N3O2S/c1-3-7-21-16(20)13-10(2)19-15(22)12(8-17)14(13)11-5-4-6-18-9-11/h3-6,9,13-14,22H,1,7H2,2H3/t13?,14-/m0/s1. The zero-order valence-corrected chi connectivity index (χ0v) is 13.0. The Bertz CT molecular complexity index is 689.